The summed E-state index contributed by atoms with van der Waals surface area (Å²) in [5, 5.41) is 11.5. The van der Waals surface area contributed by atoms with E-state index in [0.717, 1.165) is 4.90 Å². The van der Waals surface area contributed by atoms with Gasteiger partial charge in [0, 0.05) is 12.1 Å². The Hall–Kier alpha value is -0.270. The van der Waals surface area contributed by atoms with Crippen molar-refractivity contribution >= 4 is 33.3 Å². The van der Waals surface area contributed by atoms with Crippen molar-refractivity contribution < 1.29 is 43.1 Å². The van der Waals surface area contributed by atoms with Gasteiger partial charge in [0.2, 0.25) is 0 Å². The van der Waals surface area contributed by atoms with Crippen LogP contribution < -0.4 is 39.6 Å². The smallest absolute Gasteiger partial charge is 0.845 e. The van der Waals surface area contributed by atoms with Gasteiger partial charge in [-0.25, -0.2) is 0 Å². The van der Waals surface area contributed by atoms with Crippen LogP contribution in [0.3, 0.4) is 0 Å². The zero-order valence-corrected chi connectivity index (χ0v) is 12.2. The van der Waals surface area contributed by atoms with Crippen molar-refractivity contribution in [3.05, 3.63) is 23.2 Å². The van der Waals surface area contributed by atoms with Crippen LogP contribution in [0.25, 0.3) is 0 Å². The molecule has 1 aliphatic heterocycles. The quantitative estimate of drug-likeness (QED) is 0.477. The summed E-state index contributed by atoms with van der Waals surface area (Å²) in [6.45, 7) is 0. The predicted molar refractivity (Wildman–Crippen MR) is 54.5 cm³/mol. The molecule has 0 aromatic heterocycles. The zero-order chi connectivity index (χ0) is 11.2. The molecule has 0 aliphatic carbocycles. The fourth-order valence-corrected chi connectivity index (χ4v) is 2.70. The van der Waals surface area contributed by atoms with E-state index in [1.165, 1.54) is 25.2 Å². The molecule has 0 N–H and O–H groups in total. The fourth-order valence-electron chi connectivity index (χ4n) is 1.29. The molecule has 0 saturated carbocycles. The molecule has 2 rings (SSSR count). The maximum atomic E-state index is 11.5. The summed E-state index contributed by atoms with van der Waals surface area (Å²) >= 11 is 5.68. The first-order valence-electron chi connectivity index (χ1n) is 3.97. The summed E-state index contributed by atoms with van der Waals surface area (Å²) < 4.78 is 26.1. The summed E-state index contributed by atoms with van der Waals surface area (Å²) in [5.74, 6) is 0. The standard InChI is InChI=1S/C8H7ClN2O3S.Na/c1-11-6-3-2-5(9)4-7(6)15(13,14)10-8(11)12;/h2-4H,1H3,(H,10,12);/q;+1/p-1. The van der Waals surface area contributed by atoms with Crippen molar-refractivity contribution in [3.63, 3.8) is 0 Å². The van der Waals surface area contributed by atoms with E-state index in [9.17, 15) is 13.5 Å². The number of anilines is 1. The van der Waals surface area contributed by atoms with Crippen LogP contribution in [0, 0.1) is 0 Å². The van der Waals surface area contributed by atoms with Crippen LogP contribution in [-0.4, -0.2) is 21.5 Å². The first-order valence-corrected chi connectivity index (χ1v) is 5.79. The molecule has 0 spiro atoms. The number of fused-ring (bicyclic) bond motifs is 1. The minimum Gasteiger partial charge on any atom is -0.845 e. The van der Waals surface area contributed by atoms with Gasteiger partial charge >= 0.3 is 29.6 Å². The number of hydrogen-bond acceptors (Lipinski definition) is 4. The summed E-state index contributed by atoms with van der Waals surface area (Å²) in [5.41, 5.74) is 0.291. The van der Waals surface area contributed by atoms with Crippen molar-refractivity contribution in [3.8, 4) is 0 Å². The molecule has 0 atom stereocenters. The summed E-state index contributed by atoms with van der Waals surface area (Å²) in [6, 6.07) is 3.47. The van der Waals surface area contributed by atoms with E-state index in [2.05, 4.69) is 4.40 Å². The Balaban J connectivity index is 0.00000128. The van der Waals surface area contributed by atoms with Crippen molar-refractivity contribution in [2.24, 2.45) is 4.40 Å². The van der Waals surface area contributed by atoms with Gasteiger partial charge in [-0.05, 0) is 18.2 Å². The summed E-state index contributed by atoms with van der Waals surface area (Å²) in [6.07, 6.45) is 0. The monoisotopic (exact) mass is 268 g/mol. The molecule has 80 valence electrons. The Morgan fingerprint density at radius 3 is 2.69 bits per heavy atom. The van der Waals surface area contributed by atoms with Gasteiger partial charge in [-0.1, -0.05) is 11.6 Å². The molecule has 8 heteroatoms. The largest absolute Gasteiger partial charge is 1.00 e. The molecule has 1 aromatic rings. The van der Waals surface area contributed by atoms with E-state index in [4.69, 9.17) is 11.6 Å². The number of benzene rings is 1. The van der Waals surface area contributed by atoms with E-state index in [-0.39, 0.29) is 39.5 Å². The molecule has 0 fully saturated rings. The third kappa shape index (κ3) is 2.21. The molecular weight excluding hydrogens is 263 g/mol. The van der Waals surface area contributed by atoms with Crippen LogP contribution in [0.4, 0.5) is 5.69 Å². The number of sulfonamides is 1. The van der Waals surface area contributed by atoms with Gasteiger partial charge in [0.25, 0.3) is 10.0 Å². The Kier molecular flexibility index (Phi) is 3.91. The first kappa shape index (κ1) is 13.8. The Morgan fingerprint density at radius 1 is 1.44 bits per heavy atom. The third-order valence-electron chi connectivity index (χ3n) is 2.05. The maximum Gasteiger partial charge on any atom is 1.00 e. The number of nitrogens with zero attached hydrogens (tertiary/aromatic N) is 2. The van der Waals surface area contributed by atoms with E-state index in [0.29, 0.717) is 5.69 Å². The molecule has 1 aromatic carbocycles. The molecule has 16 heavy (non-hydrogen) atoms. The number of halogens is 1. The van der Waals surface area contributed by atoms with E-state index < -0.39 is 16.0 Å². The van der Waals surface area contributed by atoms with Crippen molar-refractivity contribution in [2.75, 3.05) is 11.9 Å². The molecule has 0 saturated heterocycles. The second kappa shape index (κ2) is 4.54. The third-order valence-corrected chi connectivity index (χ3v) is 3.56. The van der Waals surface area contributed by atoms with Crippen molar-refractivity contribution in [1.29, 1.82) is 0 Å². The fraction of sp³-hybridized carbons (Fsp3) is 0.125. The van der Waals surface area contributed by atoms with Crippen molar-refractivity contribution in [2.45, 2.75) is 4.90 Å². The minimum atomic E-state index is -3.90. The molecule has 0 unspecified atom stereocenters. The van der Waals surface area contributed by atoms with E-state index in [1.54, 1.807) is 0 Å². The van der Waals surface area contributed by atoms with Crippen LogP contribution >= 0.6 is 11.6 Å². The van der Waals surface area contributed by atoms with Gasteiger partial charge in [0.1, 0.15) is 4.90 Å². The number of amidine groups is 1. The van der Waals surface area contributed by atoms with Crippen LogP contribution in [0.1, 0.15) is 0 Å². The molecular formula is C8H6ClN2NaO3S. The van der Waals surface area contributed by atoms with Crippen LogP contribution in [-0.2, 0) is 10.0 Å². The average Bonchev–Trinajstić information content (AvgIpc) is 2.14. The molecule has 1 heterocycles. The molecule has 5 nitrogen and oxygen atoms in total. The zero-order valence-electron chi connectivity index (χ0n) is 8.64. The van der Waals surface area contributed by atoms with Gasteiger partial charge in [0.15, 0.2) is 0 Å². The normalized spacial score (nSPS) is 17.1. The predicted octanol–water partition coefficient (Wildman–Crippen LogP) is -2.80. The molecule has 0 bridgehead atoms. The van der Waals surface area contributed by atoms with Gasteiger partial charge in [0.05, 0.1) is 11.7 Å². The topological polar surface area (TPSA) is 72.8 Å². The number of rotatable bonds is 0. The minimum absolute atomic E-state index is 0. The molecule has 1 aliphatic rings. The van der Waals surface area contributed by atoms with Gasteiger partial charge in [-0.15, -0.1) is 0 Å². The van der Waals surface area contributed by atoms with E-state index in [1.807, 2.05) is 0 Å². The Bertz CT molecular complexity index is 558. The molecule has 0 amide bonds. The first-order chi connectivity index (χ1) is 6.92. The summed E-state index contributed by atoms with van der Waals surface area (Å²) in [4.78, 5) is 1.12. The SMILES string of the molecule is CN1C([O-])=NS(=O)(=O)c2cc(Cl)ccc21.[Na+]. The van der Waals surface area contributed by atoms with Crippen LogP contribution in [0.15, 0.2) is 27.5 Å². The number of hydrogen-bond donors (Lipinski definition) is 0. The summed E-state index contributed by atoms with van der Waals surface area (Å²) in [7, 11) is -2.45. The van der Waals surface area contributed by atoms with Gasteiger partial charge < -0.3 is 10.0 Å². The second-order valence-electron chi connectivity index (χ2n) is 3.02. The van der Waals surface area contributed by atoms with Crippen molar-refractivity contribution in [1.82, 2.24) is 0 Å². The Labute approximate surface area is 120 Å². The van der Waals surface area contributed by atoms with Crippen LogP contribution in [0.2, 0.25) is 5.02 Å². The second-order valence-corrected chi connectivity index (χ2v) is 5.03. The van der Waals surface area contributed by atoms with Crippen LogP contribution in [0.5, 0.6) is 0 Å². The van der Waals surface area contributed by atoms with Gasteiger partial charge in [-0.3, -0.25) is 0 Å². The maximum absolute atomic E-state index is 11.5. The van der Waals surface area contributed by atoms with Gasteiger partial charge in [-0.2, -0.15) is 12.8 Å². The Morgan fingerprint density at radius 2 is 2.06 bits per heavy atom. The van der Waals surface area contributed by atoms with E-state index >= 15 is 0 Å². The molecule has 0 radical (unpaired) electrons. The average molecular weight is 269 g/mol.